The number of nitrogens with zero attached hydrogens (tertiary/aromatic N) is 4. The van der Waals surface area contributed by atoms with Crippen LogP contribution in [0.15, 0.2) is 183 Å². The number of aromatic nitrogens is 4. The summed E-state index contributed by atoms with van der Waals surface area (Å²) < 4.78 is 2.39. The minimum Gasteiger partial charge on any atom is -0.309 e. The Bertz CT molecular complexity index is 2710. The summed E-state index contributed by atoms with van der Waals surface area (Å²) in [6.45, 7) is 6.21. The Hall–Kier alpha value is -6.91. The van der Waals surface area contributed by atoms with E-state index >= 15 is 0 Å². The van der Waals surface area contributed by atoms with Crippen molar-refractivity contribution in [3.05, 3.63) is 194 Å². The van der Waals surface area contributed by atoms with Gasteiger partial charge in [-0.15, -0.1) is 6.58 Å². The number of benzene rings is 7. The first kappa shape index (κ1) is 32.0. The van der Waals surface area contributed by atoms with Crippen molar-refractivity contribution in [2.24, 2.45) is 0 Å². The second-order valence-electron chi connectivity index (χ2n) is 13.3. The van der Waals surface area contributed by atoms with Crippen LogP contribution in [-0.2, 0) is 6.42 Å². The van der Waals surface area contributed by atoms with Crippen molar-refractivity contribution < 1.29 is 0 Å². The van der Waals surface area contributed by atoms with E-state index in [9.17, 15) is 0 Å². The molecule has 0 aliphatic heterocycles. The number of rotatable bonds is 8. The first-order chi connectivity index (χ1) is 26.2. The van der Waals surface area contributed by atoms with Gasteiger partial charge in [0.05, 0.1) is 11.0 Å². The smallest absolute Gasteiger partial charge is 0.164 e. The average molecular weight is 681 g/mol. The van der Waals surface area contributed by atoms with Crippen LogP contribution < -0.4 is 0 Å². The fourth-order valence-electron chi connectivity index (χ4n) is 7.44. The van der Waals surface area contributed by atoms with Crippen molar-refractivity contribution in [2.75, 3.05) is 0 Å². The van der Waals surface area contributed by atoms with Gasteiger partial charge < -0.3 is 4.57 Å². The van der Waals surface area contributed by atoms with E-state index in [1.165, 1.54) is 38.6 Å². The molecule has 9 aromatic rings. The second kappa shape index (κ2) is 13.7. The van der Waals surface area contributed by atoms with E-state index in [-0.39, 0.29) is 0 Å². The van der Waals surface area contributed by atoms with Crippen LogP contribution in [0.2, 0.25) is 0 Å². The molecule has 0 spiro atoms. The van der Waals surface area contributed by atoms with Gasteiger partial charge in [0.1, 0.15) is 0 Å². The minimum absolute atomic E-state index is 0.638. The molecule has 2 heterocycles. The summed E-state index contributed by atoms with van der Waals surface area (Å²) in [7, 11) is 0. The fourth-order valence-corrected chi connectivity index (χ4v) is 7.44. The van der Waals surface area contributed by atoms with E-state index < -0.39 is 0 Å². The molecule has 0 saturated heterocycles. The molecule has 0 amide bonds. The second-order valence-corrected chi connectivity index (χ2v) is 13.3. The number of hydrogen-bond donors (Lipinski definition) is 0. The lowest BCUT2D eigenvalue weighted by Crippen LogP contribution is -2.00. The van der Waals surface area contributed by atoms with Crippen molar-refractivity contribution >= 4 is 21.8 Å². The minimum atomic E-state index is 0.638. The maximum Gasteiger partial charge on any atom is 0.164 e. The third-order valence-corrected chi connectivity index (χ3v) is 9.98. The van der Waals surface area contributed by atoms with E-state index in [4.69, 9.17) is 15.0 Å². The Morgan fingerprint density at radius 2 is 1.08 bits per heavy atom. The Morgan fingerprint density at radius 3 is 1.75 bits per heavy atom. The molecule has 9 rings (SSSR count). The molecule has 2 aromatic heterocycles. The van der Waals surface area contributed by atoms with Crippen LogP contribution >= 0.6 is 0 Å². The molecule has 0 aliphatic carbocycles. The van der Waals surface area contributed by atoms with Crippen molar-refractivity contribution in [2.45, 2.75) is 13.3 Å². The molecule has 7 aromatic carbocycles. The van der Waals surface area contributed by atoms with Gasteiger partial charge in [-0.3, -0.25) is 0 Å². The highest BCUT2D eigenvalue weighted by molar-refractivity contribution is 6.17. The topological polar surface area (TPSA) is 43.6 Å². The number of hydrogen-bond acceptors (Lipinski definition) is 3. The highest BCUT2D eigenvalue weighted by Crippen LogP contribution is 2.42. The van der Waals surface area contributed by atoms with Crippen molar-refractivity contribution in [3.63, 3.8) is 0 Å². The quantitative estimate of drug-likeness (QED) is 0.150. The number of para-hydroxylation sites is 1. The van der Waals surface area contributed by atoms with Crippen LogP contribution in [0.3, 0.4) is 0 Å². The molecule has 0 saturated carbocycles. The van der Waals surface area contributed by atoms with Gasteiger partial charge in [0.2, 0.25) is 0 Å². The third kappa shape index (κ3) is 5.90. The maximum atomic E-state index is 5.06. The van der Waals surface area contributed by atoms with Crippen LogP contribution in [0.25, 0.3) is 83.9 Å². The Kier molecular flexibility index (Phi) is 8.26. The van der Waals surface area contributed by atoms with E-state index in [1.807, 2.05) is 66.7 Å². The average Bonchev–Trinajstić information content (AvgIpc) is 3.56. The Labute approximate surface area is 309 Å². The molecule has 252 valence electrons. The zero-order valence-electron chi connectivity index (χ0n) is 29.4. The zero-order chi connectivity index (χ0) is 35.7. The van der Waals surface area contributed by atoms with Gasteiger partial charge in [-0.1, -0.05) is 140 Å². The molecular formula is C49H36N4. The maximum absolute atomic E-state index is 5.06. The normalized spacial score (nSPS) is 11.3. The zero-order valence-corrected chi connectivity index (χ0v) is 29.4. The summed E-state index contributed by atoms with van der Waals surface area (Å²) in [5, 5.41) is 2.41. The lowest BCUT2D eigenvalue weighted by Gasteiger charge is -2.13. The molecule has 4 nitrogen and oxygen atoms in total. The van der Waals surface area contributed by atoms with E-state index in [0.29, 0.717) is 17.5 Å². The molecule has 0 unspecified atom stereocenters. The summed E-state index contributed by atoms with van der Waals surface area (Å²) >= 11 is 0. The Balaban J connectivity index is 1.28. The van der Waals surface area contributed by atoms with Gasteiger partial charge in [0.25, 0.3) is 0 Å². The molecule has 0 radical (unpaired) electrons. The van der Waals surface area contributed by atoms with Gasteiger partial charge in [0, 0.05) is 33.2 Å². The first-order valence-electron chi connectivity index (χ1n) is 18.0. The van der Waals surface area contributed by atoms with Gasteiger partial charge in [-0.25, -0.2) is 15.0 Å². The van der Waals surface area contributed by atoms with E-state index in [1.54, 1.807) is 0 Å². The molecule has 4 heteroatoms. The van der Waals surface area contributed by atoms with Crippen molar-refractivity contribution in [3.8, 4) is 62.1 Å². The number of fused-ring (bicyclic) bond motifs is 3. The van der Waals surface area contributed by atoms with Crippen molar-refractivity contribution in [1.82, 2.24) is 19.5 Å². The fraction of sp³-hybridized carbons (Fsp3) is 0.0408. The largest absolute Gasteiger partial charge is 0.309 e. The van der Waals surface area contributed by atoms with Gasteiger partial charge >= 0.3 is 0 Å². The lowest BCUT2D eigenvalue weighted by atomic mass is 9.92. The molecular weight excluding hydrogens is 645 g/mol. The molecule has 0 aliphatic rings. The number of allylic oxidation sites excluding steroid dienone is 1. The molecule has 0 fully saturated rings. The third-order valence-electron chi connectivity index (χ3n) is 9.98. The van der Waals surface area contributed by atoms with E-state index in [2.05, 4.69) is 127 Å². The monoisotopic (exact) mass is 680 g/mol. The summed E-state index contributed by atoms with van der Waals surface area (Å²) in [6.07, 6.45) is 2.79. The SMILES string of the molecule is C=CCc1ccccc1-c1ccc2c(c1)c1c(-c3cc(-c4nc(-c5ccccc5)nc(-c5ccccc5)n4)ccc3C)cccc1n2-c1ccccc1. The van der Waals surface area contributed by atoms with Crippen LogP contribution in [0.4, 0.5) is 0 Å². The molecule has 0 atom stereocenters. The van der Waals surface area contributed by atoms with Gasteiger partial charge in [-0.2, -0.15) is 0 Å². The van der Waals surface area contributed by atoms with Crippen LogP contribution in [-0.4, -0.2) is 19.5 Å². The van der Waals surface area contributed by atoms with Gasteiger partial charge in [-0.05, 0) is 83.1 Å². The molecule has 53 heavy (non-hydrogen) atoms. The first-order valence-corrected chi connectivity index (χ1v) is 18.0. The summed E-state index contributed by atoms with van der Waals surface area (Å²) in [6, 6.07) is 59.6. The summed E-state index contributed by atoms with van der Waals surface area (Å²) in [4.78, 5) is 15.0. The van der Waals surface area contributed by atoms with Crippen molar-refractivity contribution in [1.29, 1.82) is 0 Å². The standard InChI is InChI=1S/C49H36N4/c1-3-16-34-17-13-14-24-40(34)37-29-30-44-43(31-37)46-41(25-15-26-45(46)53(44)39-22-11-6-12-23-39)42-32-38(28-27-33(42)2)49-51-47(35-18-7-4-8-19-35)50-48(52-49)36-20-9-5-10-21-36/h3-15,17-32H,1,16H2,2H3. The molecule has 0 bridgehead atoms. The predicted octanol–water partition coefficient (Wildman–Crippen LogP) is 12.3. The lowest BCUT2D eigenvalue weighted by molar-refractivity contribution is 1.07. The summed E-state index contributed by atoms with van der Waals surface area (Å²) in [5.41, 5.74) is 13.4. The summed E-state index contributed by atoms with van der Waals surface area (Å²) in [5.74, 6) is 1.93. The highest BCUT2D eigenvalue weighted by atomic mass is 15.0. The predicted molar refractivity (Wildman–Crippen MR) is 220 cm³/mol. The Morgan fingerprint density at radius 1 is 0.491 bits per heavy atom. The van der Waals surface area contributed by atoms with Gasteiger partial charge in [0.15, 0.2) is 17.5 Å². The number of aryl methyl sites for hydroxylation is 1. The molecule has 0 N–H and O–H groups in total. The van der Waals surface area contributed by atoms with Crippen LogP contribution in [0.1, 0.15) is 11.1 Å². The van der Waals surface area contributed by atoms with Crippen LogP contribution in [0, 0.1) is 6.92 Å². The van der Waals surface area contributed by atoms with E-state index in [0.717, 1.165) is 45.4 Å². The van der Waals surface area contributed by atoms with Crippen LogP contribution in [0.5, 0.6) is 0 Å². The highest BCUT2D eigenvalue weighted by Gasteiger charge is 2.20.